The number of hydrogen-bond donors (Lipinski definition) is 1. The first-order chi connectivity index (χ1) is 10.4. The van der Waals surface area contributed by atoms with Crippen LogP contribution >= 0.6 is 0 Å². The third-order valence-electron chi connectivity index (χ3n) is 4.69. The Morgan fingerprint density at radius 3 is 2.18 bits per heavy atom. The van der Waals surface area contributed by atoms with E-state index in [0.29, 0.717) is 0 Å². The molecule has 2 aromatic carbocycles. The Labute approximate surface area is 133 Å². The highest BCUT2D eigenvalue weighted by molar-refractivity contribution is 5.52. The normalized spacial score (nSPS) is 24.6. The lowest BCUT2D eigenvalue weighted by Gasteiger charge is -2.35. The standard InChI is InChI=1S/C21H25N/c1-20(2,3)18-11-7-8-12-19(18)21(14-13-17(22)15-21)16-9-5-4-6-10-16/h4-14,17H,15,22H2,1-3H3. The largest absolute Gasteiger partial charge is 0.324 e. The molecule has 2 aromatic rings. The second-order valence-corrected chi connectivity index (χ2v) is 7.36. The Hall–Kier alpha value is -1.86. The van der Waals surface area contributed by atoms with Crippen molar-refractivity contribution < 1.29 is 0 Å². The summed E-state index contributed by atoms with van der Waals surface area (Å²) in [4.78, 5) is 0. The number of nitrogens with two attached hydrogens (primary N) is 1. The molecule has 1 aliphatic carbocycles. The van der Waals surface area contributed by atoms with Crippen LogP contribution in [0.2, 0.25) is 0 Å². The van der Waals surface area contributed by atoms with E-state index in [1.165, 1.54) is 16.7 Å². The Balaban J connectivity index is 2.24. The van der Waals surface area contributed by atoms with E-state index in [4.69, 9.17) is 5.73 Å². The van der Waals surface area contributed by atoms with Crippen LogP contribution in [0.4, 0.5) is 0 Å². The van der Waals surface area contributed by atoms with Crippen molar-refractivity contribution in [2.24, 2.45) is 5.73 Å². The zero-order valence-corrected chi connectivity index (χ0v) is 13.7. The van der Waals surface area contributed by atoms with Gasteiger partial charge >= 0.3 is 0 Å². The van der Waals surface area contributed by atoms with E-state index >= 15 is 0 Å². The van der Waals surface area contributed by atoms with Crippen molar-refractivity contribution in [1.82, 2.24) is 0 Å². The summed E-state index contributed by atoms with van der Waals surface area (Å²) >= 11 is 0. The highest BCUT2D eigenvalue weighted by Gasteiger charge is 2.39. The molecule has 0 aliphatic heterocycles. The van der Waals surface area contributed by atoms with Crippen molar-refractivity contribution in [3.63, 3.8) is 0 Å². The molecule has 2 atom stereocenters. The molecule has 0 bridgehead atoms. The van der Waals surface area contributed by atoms with Gasteiger partial charge in [-0.1, -0.05) is 87.5 Å². The molecule has 0 amide bonds. The first-order valence-electron chi connectivity index (χ1n) is 8.04. The van der Waals surface area contributed by atoms with Gasteiger partial charge in [0, 0.05) is 11.5 Å². The van der Waals surface area contributed by atoms with Gasteiger partial charge in [-0.2, -0.15) is 0 Å². The molecule has 3 rings (SSSR count). The summed E-state index contributed by atoms with van der Waals surface area (Å²) in [6.45, 7) is 6.84. The predicted octanol–water partition coefficient (Wildman–Crippen LogP) is 4.56. The minimum absolute atomic E-state index is 0.107. The van der Waals surface area contributed by atoms with Crippen molar-refractivity contribution >= 4 is 0 Å². The second-order valence-electron chi connectivity index (χ2n) is 7.36. The van der Waals surface area contributed by atoms with E-state index in [2.05, 4.69) is 87.5 Å². The van der Waals surface area contributed by atoms with Crippen LogP contribution in [0, 0.1) is 0 Å². The van der Waals surface area contributed by atoms with E-state index in [9.17, 15) is 0 Å². The fraction of sp³-hybridized carbons (Fsp3) is 0.333. The Morgan fingerprint density at radius 1 is 0.955 bits per heavy atom. The van der Waals surface area contributed by atoms with Gasteiger partial charge in [-0.15, -0.1) is 0 Å². The molecule has 0 spiro atoms. The summed E-state index contributed by atoms with van der Waals surface area (Å²) in [7, 11) is 0. The van der Waals surface area contributed by atoms with E-state index in [0.717, 1.165) is 6.42 Å². The lowest BCUT2D eigenvalue weighted by molar-refractivity contribution is 0.534. The topological polar surface area (TPSA) is 26.0 Å². The molecule has 2 N–H and O–H groups in total. The predicted molar refractivity (Wildman–Crippen MR) is 94.1 cm³/mol. The van der Waals surface area contributed by atoms with Crippen LogP contribution in [-0.2, 0) is 10.8 Å². The summed E-state index contributed by atoms with van der Waals surface area (Å²) in [5.41, 5.74) is 10.4. The Bertz CT molecular complexity index is 679. The smallest absolute Gasteiger partial charge is 0.0403 e. The van der Waals surface area contributed by atoms with Crippen molar-refractivity contribution in [3.8, 4) is 0 Å². The maximum absolute atomic E-state index is 6.26. The van der Waals surface area contributed by atoms with E-state index in [1.54, 1.807) is 0 Å². The zero-order valence-electron chi connectivity index (χ0n) is 13.7. The zero-order chi connectivity index (χ0) is 15.8. The minimum Gasteiger partial charge on any atom is -0.324 e. The first-order valence-corrected chi connectivity index (χ1v) is 8.04. The number of rotatable bonds is 2. The summed E-state index contributed by atoms with van der Waals surface area (Å²) in [5.74, 6) is 0. The maximum Gasteiger partial charge on any atom is 0.0403 e. The fourth-order valence-electron chi connectivity index (χ4n) is 3.63. The van der Waals surface area contributed by atoms with Crippen molar-refractivity contribution in [1.29, 1.82) is 0 Å². The minimum atomic E-state index is -0.107. The van der Waals surface area contributed by atoms with Gasteiger partial charge in [0.05, 0.1) is 0 Å². The molecule has 0 saturated carbocycles. The molecule has 22 heavy (non-hydrogen) atoms. The molecule has 0 radical (unpaired) electrons. The van der Waals surface area contributed by atoms with E-state index < -0.39 is 0 Å². The van der Waals surface area contributed by atoms with Crippen LogP contribution < -0.4 is 5.73 Å². The summed E-state index contributed by atoms with van der Waals surface area (Å²) in [6, 6.07) is 19.7. The van der Waals surface area contributed by atoms with Gasteiger partial charge in [0.2, 0.25) is 0 Å². The van der Waals surface area contributed by atoms with Crippen molar-refractivity contribution in [3.05, 3.63) is 83.4 Å². The lowest BCUT2D eigenvalue weighted by Crippen LogP contribution is -2.31. The highest BCUT2D eigenvalue weighted by atomic mass is 14.7. The SMILES string of the molecule is CC(C)(C)c1ccccc1C1(c2ccccc2)C=CC(N)C1. The van der Waals surface area contributed by atoms with Crippen molar-refractivity contribution in [2.45, 2.75) is 44.1 Å². The average Bonchev–Trinajstić information content (AvgIpc) is 2.91. The van der Waals surface area contributed by atoms with Crippen LogP contribution in [0.15, 0.2) is 66.7 Å². The molecule has 1 aliphatic rings. The van der Waals surface area contributed by atoms with Gasteiger partial charge in [-0.05, 0) is 28.5 Å². The average molecular weight is 291 g/mol. The molecular formula is C21H25N. The highest BCUT2D eigenvalue weighted by Crippen LogP contribution is 2.45. The van der Waals surface area contributed by atoms with Crippen LogP contribution in [0.3, 0.4) is 0 Å². The molecule has 0 heterocycles. The molecule has 0 saturated heterocycles. The molecule has 0 fully saturated rings. The number of hydrogen-bond acceptors (Lipinski definition) is 1. The fourth-order valence-corrected chi connectivity index (χ4v) is 3.63. The summed E-state index contributed by atoms with van der Waals surface area (Å²) < 4.78 is 0. The third kappa shape index (κ3) is 2.50. The van der Waals surface area contributed by atoms with Gasteiger partial charge in [0.15, 0.2) is 0 Å². The number of allylic oxidation sites excluding steroid dienone is 1. The van der Waals surface area contributed by atoms with Crippen LogP contribution in [0.1, 0.15) is 43.9 Å². The van der Waals surface area contributed by atoms with Crippen LogP contribution in [0.25, 0.3) is 0 Å². The monoisotopic (exact) mass is 291 g/mol. The molecule has 114 valence electrons. The Kier molecular flexibility index (Phi) is 3.70. The first kappa shape index (κ1) is 15.1. The van der Waals surface area contributed by atoms with E-state index in [1.807, 2.05) is 0 Å². The quantitative estimate of drug-likeness (QED) is 0.807. The van der Waals surface area contributed by atoms with Crippen LogP contribution in [0.5, 0.6) is 0 Å². The number of benzene rings is 2. The third-order valence-corrected chi connectivity index (χ3v) is 4.69. The van der Waals surface area contributed by atoms with Gasteiger partial charge in [-0.25, -0.2) is 0 Å². The van der Waals surface area contributed by atoms with Gasteiger partial charge < -0.3 is 5.73 Å². The van der Waals surface area contributed by atoms with Crippen LogP contribution in [-0.4, -0.2) is 6.04 Å². The van der Waals surface area contributed by atoms with Crippen molar-refractivity contribution in [2.75, 3.05) is 0 Å². The molecular weight excluding hydrogens is 266 g/mol. The molecule has 1 heteroatoms. The van der Waals surface area contributed by atoms with Gasteiger partial charge in [0.1, 0.15) is 0 Å². The van der Waals surface area contributed by atoms with E-state index in [-0.39, 0.29) is 16.9 Å². The maximum atomic E-state index is 6.26. The van der Waals surface area contributed by atoms with Gasteiger partial charge in [-0.3, -0.25) is 0 Å². The molecule has 0 aromatic heterocycles. The second kappa shape index (κ2) is 5.40. The molecule has 2 unspecified atom stereocenters. The summed E-state index contributed by atoms with van der Waals surface area (Å²) in [6.07, 6.45) is 5.41. The van der Waals surface area contributed by atoms with Gasteiger partial charge in [0.25, 0.3) is 0 Å². The molecule has 1 nitrogen and oxygen atoms in total. The summed E-state index contributed by atoms with van der Waals surface area (Å²) in [5, 5.41) is 0. The Morgan fingerprint density at radius 2 is 1.59 bits per heavy atom. The lowest BCUT2D eigenvalue weighted by atomic mass is 9.68.